The van der Waals surface area contributed by atoms with Gasteiger partial charge in [-0.3, -0.25) is 0 Å². The molecule has 19 heavy (non-hydrogen) atoms. The van der Waals surface area contributed by atoms with E-state index in [1.807, 2.05) is 12.1 Å². The molecule has 2 aromatic rings. The average Bonchev–Trinajstić information content (AvgIpc) is 2.40. The lowest BCUT2D eigenvalue weighted by molar-refractivity contribution is 0.585. The molecule has 1 fully saturated rings. The van der Waals surface area contributed by atoms with Gasteiger partial charge < -0.3 is 9.45 Å². The molecule has 0 N–H and O–H groups in total. The normalized spacial score (nSPS) is 17.1. The Morgan fingerprint density at radius 2 is 2.00 bits per heavy atom. The fourth-order valence-electron chi connectivity index (χ4n) is 2.47. The minimum absolute atomic E-state index is 0.517. The predicted octanol–water partition coefficient (Wildman–Crippen LogP) is 2.77. The molecule has 0 atom stereocenters. The van der Waals surface area contributed by atoms with Gasteiger partial charge in [-0.1, -0.05) is 41.0 Å². The van der Waals surface area contributed by atoms with Crippen LogP contribution in [-0.4, -0.2) is 34.1 Å². The summed E-state index contributed by atoms with van der Waals surface area (Å²) >= 11 is 5.47. The molecule has 1 aromatic heterocycles. The van der Waals surface area contributed by atoms with Crippen molar-refractivity contribution in [3.8, 4) is 0 Å². The van der Waals surface area contributed by atoms with Crippen LogP contribution in [0, 0.1) is 6.92 Å². The van der Waals surface area contributed by atoms with Crippen LogP contribution in [0.15, 0.2) is 24.3 Å². The maximum atomic E-state index is 11.5. The van der Waals surface area contributed by atoms with Crippen LogP contribution in [-0.2, 0) is 11.2 Å². The smallest absolute Gasteiger partial charge is 0.138 e. The number of fused-ring (bicyclic) bond motifs is 1. The average molecular weight is 295 g/mol. The Morgan fingerprint density at radius 1 is 1.26 bits per heavy atom. The molecule has 0 radical (unpaired) electrons. The molecule has 0 unspecified atom stereocenters. The van der Waals surface area contributed by atoms with Gasteiger partial charge in [0.15, 0.2) is 0 Å². The monoisotopic (exact) mass is 294 g/mol. The summed E-state index contributed by atoms with van der Waals surface area (Å²) in [7, 11) is 0. The van der Waals surface area contributed by atoms with Crippen molar-refractivity contribution in [3.05, 3.63) is 35.0 Å². The number of pyridine rings is 1. The van der Waals surface area contributed by atoms with Crippen LogP contribution in [0.25, 0.3) is 10.8 Å². The van der Waals surface area contributed by atoms with Crippen molar-refractivity contribution in [2.45, 2.75) is 6.92 Å². The summed E-state index contributed by atoms with van der Waals surface area (Å²) in [6.07, 6.45) is 0. The van der Waals surface area contributed by atoms with Gasteiger partial charge in [-0.15, -0.1) is 0 Å². The van der Waals surface area contributed by atoms with Crippen molar-refractivity contribution in [1.29, 1.82) is 0 Å². The molecule has 0 aliphatic carbocycles. The van der Waals surface area contributed by atoms with Gasteiger partial charge in [0.2, 0.25) is 0 Å². The van der Waals surface area contributed by atoms with E-state index in [-0.39, 0.29) is 0 Å². The Morgan fingerprint density at radius 3 is 2.74 bits per heavy atom. The first-order chi connectivity index (χ1) is 9.15. The highest BCUT2D eigenvalue weighted by atomic mass is 35.5. The molecule has 1 aliphatic rings. The predicted molar refractivity (Wildman–Crippen MR) is 81.6 cm³/mol. The number of anilines is 1. The molecule has 0 amide bonds. The third-order valence-corrected chi connectivity index (χ3v) is 4.99. The molecule has 0 spiro atoms. The lowest BCUT2D eigenvalue weighted by Crippen LogP contribution is -2.40. The van der Waals surface area contributed by atoms with E-state index >= 15 is 0 Å². The van der Waals surface area contributed by atoms with E-state index in [0.717, 1.165) is 29.7 Å². The van der Waals surface area contributed by atoms with Crippen LogP contribution >= 0.6 is 11.6 Å². The Balaban J connectivity index is 2.10. The number of nitrogens with zero attached hydrogens (tertiary/aromatic N) is 2. The van der Waals surface area contributed by atoms with Gasteiger partial charge in [-0.25, -0.2) is 4.98 Å². The van der Waals surface area contributed by atoms with Crippen LogP contribution < -0.4 is 4.90 Å². The molecule has 0 saturated carbocycles. The van der Waals surface area contributed by atoms with E-state index in [4.69, 9.17) is 11.6 Å². The Labute approximate surface area is 120 Å². The summed E-state index contributed by atoms with van der Waals surface area (Å²) in [6, 6.07) is 8.11. The zero-order valence-corrected chi connectivity index (χ0v) is 12.3. The number of aromatic nitrogens is 1. The summed E-state index contributed by atoms with van der Waals surface area (Å²) < 4.78 is 11.5. The molecule has 1 saturated heterocycles. The van der Waals surface area contributed by atoms with Gasteiger partial charge >= 0.3 is 0 Å². The number of aryl methyl sites for hydroxylation is 1. The second kappa shape index (κ2) is 5.19. The molecular weight excluding hydrogens is 280 g/mol. The fraction of sp³-hybridized carbons (Fsp3) is 0.357. The third-order valence-electron chi connectivity index (χ3n) is 3.52. The highest BCUT2D eigenvalue weighted by Gasteiger charge is 2.22. The largest absolute Gasteiger partial charge is 0.616 e. The van der Waals surface area contributed by atoms with Gasteiger partial charge in [0, 0.05) is 5.39 Å². The Hall–Kier alpha value is -0.970. The zero-order chi connectivity index (χ0) is 13.4. The molecule has 100 valence electrons. The molecular formula is C14H15ClN2OS. The highest BCUT2D eigenvalue weighted by molar-refractivity contribution is 7.91. The Bertz CT molecular complexity index is 612. The summed E-state index contributed by atoms with van der Waals surface area (Å²) in [5.74, 6) is 2.34. The minimum Gasteiger partial charge on any atom is -0.616 e. The van der Waals surface area contributed by atoms with Gasteiger partial charge in [0.1, 0.15) is 22.5 Å². The van der Waals surface area contributed by atoms with Gasteiger partial charge in [-0.05, 0) is 23.9 Å². The van der Waals surface area contributed by atoms with E-state index in [1.54, 1.807) is 0 Å². The zero-order valence-electron chi connectivity index (χ0n) is 10.7. The minimum atomic E-state index is -0.681. The summed E-state index contributed by atoms with van der Waals surface area (Å²) in [4.78, 5) is 6.67. The second-order valence-corrected chi connectivity index (χ2v) is 6.86. The summed E-state index contributed by atoms with van der Waals surface area (Å²) in [5, 5.41) is 2.78. The fourth-order valence-corrected chi connectivity index (χ4v) is 3.71. The lowest BCUT2D eigenvalue weighted by Gasteiger charge is -2.30. The first kappa shape index (κ1) is 13.0. The van der Waals surface area contributed by atoms with Crippen LogP contribution in [0.5, 0.6) is 0 Å². The van der Waals surface area contributed by atoms with E-state index in [2.05, 4.69) is 28.9 Å². The molecule has 0 bridgehead atoms. The topological polar surface area (TPSA) is 39.2 Å². The summed E-state index contributed by atoms with van der Waals surface area (Å²) in [6.45, 7) is 3.64. The number of benzene rings is 1. The molecule has 1 aromatic carbocycles. The first-order valence-electron chi connectivity index (χ1n) is 6.31. The van der Waals surface area contributed by atoms with E-state index in [1.165, 1.54) is 5.56 Å². The number of hydrogen-bond acceptors (Lipinski definition) is 3. The third kappa shape index (κ3) is 2.53. The quantitative estimate of drug-likeness (QED) is 0.600. The molecule has 3 rings (SSSR count). The van der Waals surface area contributed by atoms with Crippen molar-refractivity contribution in [3.63, 3.8) is 0 Å². The number of rotatable bonds is 1. The maximum absolute atomic E-state index is 11.5. The summed E-state index contributed by atoms with van der Waals surface area (Å²) in [5.41, 5.74) is 1.20. The van der Waals surface area contributed by atoms with Gasteiger partial charge in [-0.2, -0.15) is 0 Å². The van der Waals surface area contributed by atoms with E-state index < -0.39 is 11.2 Å². The van der Waals surface area contributed by atoms with Crippen LogP contribution in [0.4, 0.5) is 5.82 Å². The lowest BCUT2D eigenvalue weighted by atomic mass is 10.1. The van der Waals surface area contributed by atoms with E-state index in [9.17, 15) is 4.55 Å². The van der Waals surface area contributed by atoms with Crippen LogP contribution in [0.2, 0.25) is 5.15 Å². The van der Waals surface area contributed by atoms with Gasteiger partial charge in [0.25, 0.3) is 0 Å². The van der Waals surface area contributed by atoms with Crippen molar-refractivity contribution in [2.75, 3.05) is 29.5 Å². The van der Waals surface area contributed by atoms with Crippen molar-refractivity contribution in [2.24, 2.45) is 0 Å². The first-order valence-corrected chi connectivity index (χ1v) is 8.17. The molecule has 5 heteroatoms. The van der Waals surface area contributed by atoms with Crippen LogP contribution in [0.3, 0.4) is 0 Å². The maximum Gasteiger partial charge on any atom is 0.138 e. The number of halogens is 1. The molecule has 1 aliphatic heterocycles. The van der Waals surface area contributed by atoms with Crippen molar-refractivity contribution < 1.29 is 4.55 Å². The molecule has 2 heterocycles. The van der Waals surface area contributed by atoms with Crippen molar-refractivity contribution >= 4 is 39.4 Å². The van der Waals surface area contributed by atoms with E-state index in [0.29, 0.717) is 16.7 Å². The van der Waals surface area contributed by atoms with Crippen LogP contribution in [0.1, 0.15) is 5.56 Å². The second-order valence-electron chi connectivity index (χ2n) is 4.77. The van der Waals surface area contributed by atoms with Gasteiger partial charge in [0.05, 0.1) is 13.1 Å². The Kier molecular flexibility index (Phi) is 3.56. The standard InChI is InChI=1S/C14H15ClN2OS/c1-10-3-2-4-11-12(10)9-13(15)16-14(11)17-5-7-19(18)8-6-17/h2-4,9H,5-8H2,1H3. The SMILES string of the molecule is Cc1cccc2c(N3CC[S+]([O-])CC3)nc(Cl)cc12. The molecule has 3 nitrogen and oxygen atoms in total. The number of hydrogen-bond donors (Lipinski definition) is 0. The van der Waals surface area contributed by atoms with Crippen molar-refractivity contribution in [1.82, 2.24) is 4.98 Å². The highest BCUT2D eigenvalue weighted by Crippen LogP contribution is 2.30.